The lowest BCUT2D eigenvalue weighted by Gasteiger charge is -2.34. The first-order valence-corrected chi connectivity index (χ1v) is 5.80. The second kappa shape index (κ2) is 5.51. The molecule has 98 valence electrons. The molecule has 1 rings (SSSR count). The van der Waals surface area contributed by atoms with Crippen molar-refractivity contribution in [2.24, 2.45) is 0 Å². The number of carbonyl (C=O) groups is 1. The molecule has 5 heteroatoms. The molecule has 1 atom stereocenters. The van der Waals surface area contributed by atoms with Gasteiger partial charge >= 0.3 is 0 Å². The van der Waals surface area contributed by atoms with Crippen LogP contribution < -0.4 is 0 Å². The third-order valence-electron chi connectivity index (χ3n) is 2.99. The summed E-state index contributed by atoms with van der Waals surface area (Å²) >= 11 is 0. The van der Waals surface area contributed by atoms with Gasteiger partial charge in [-0.25, -0.2) is 0 Å². The summed E-state index contributed by atoms with van der Waals surface area (Å²) in [6.07, 6.45) is 2.91. The molecule has 0 aliphatic carbocycles. The molecular weight excluding hydrogens is 222 g/mol. The summed E-state index contributed by atoms with van der Waals surface area (Å²) in [5.74, 6) is -0.435. The van der Waals surface area contributed by atoms with Crippen molar-refractivity contribution in [1.82, 2.24) is 4.90 Å². The van der Waals surface area contributed by atoms with Gasteiger partial charge in [0.2, 0.25) is 0 Å². The topological polar surface area (TPSA) is 70.0 Å². The number of carbonyl (C=O) groups excluding carboxylic acids is 1. The number of ether oxygens (including phenoxy) is 1. The number of aliphatic hydroxyl groups excluding tert-OH is 1. The van der Waals surface area contributed by atoms with Crippen LogP contribution in [0.2, 0.25) is 0 Å². The molecule has 1 fully saturated rings. The average molecular weight is 243 g/mol. The molecule has 1 aliphatic rings. The van der Waals surface area contributed by atoms with Crippen LogP contribution in [0.25, 0.3) is 0 Å². The second-order valence-corrected chi connectivity index (χ2v) is 4.66. The monoisotopic (exact) mass is 243 g/mol. The van der Waals surface area contributed by atoms with Crippen LogP contribution in [0.1, 0.15) is 26.7 Å². The zero-order valence-electron chi connectivity index (χ0n) is 10.6. The van der Waals surface area contributed by atoms with E-state index in [4.69, 9.17) is 9.84 Å². The predicted octanol–water partition coefficient (Wildman–Crippen LogP) is 0.837. The molecule has 0 radical (unpaired) electrons. The lowest BCUT2D eigenvalue weighted by molar-refractivity contribution is -0.147. The van der Waals surface area contributed by atoms with Gasteiger partial charge in [-0.05, 0) is 32.8 Å². The minimum atomic E-state index is -1.64. The smallest absolute Gasteiger partial charge is 0.258 e. The predicted molar refractivity (Wildman–Crippen MR) is 63.6 cm³/mol. The molecule has 1 aliphatic heterocycles. The van der Waals surface area contributed by atoms with Crippen molar-refractivity contribution in [3.05, 3.63) is 11.8 Å². The highest BCUT2D eigenvalue weighted by molar-refractivity contribution is 5.86. The largest absolute Gasteiger partial charge is 0.513 e. The number of hydrogen-bond donors (Lipinski definition) is 2. The molecule has 1 amide bonds. The molecule has 0 aromatic heterocycles. The van der Waals surface area contributed by atoms with E-state index in [9.17, 15) is 9.90 Å². The maximum Gasteiger partial charge on any atom is 0.258 e. The minimum Gasteiger partial charge on any atom is -0.513 e. The van der Waals surface area contributed by atoms with Crippen LogP contribution in [0.15, 0.2) is 11.8 Å². The maximum absolute atomic E-state index is 12.0. The van der Waals surface area contributed by atoms with Crippen LogP contribution in [0.3, 0.4) is 0 Å². The molecule has 1 unspecified atom stereocenters. The lowest BCUT2D eigenvalue weighted by atomic mass is 10.0. The fourth-order valence-electron chi connectivity index (χ4n) is 2.08. The maximum atomic E-state index is 12.0. The van der Waals surface area contributed by atoms with E-state index in [1.54, 1.807) is 12.0 Å². The molecule has 0 aromatic carbocycles. The van der Waals surface area contributed by atoms with Gasteiger partial charge in [0.1, 0.15) is 0 Å². The standard InChI is InChI=1S/C12H21NO4/c1-9(14)8-12(2,16)11(15)13-6-4-10(17-3)5-7-13/h8,10,14,16H,4-7H2,1-3H3/b9-8-. The number of allylic oxidation sites excluding steroid dienone is 1. The number of rotatable bonds is 3. The normalized spacial score (nSPS) is 22.4. The van der Waals surface area contributed by atoms with Crippen molar-refractivity contribution in [1.29, 1.82) is 0 Å². The van der Waals surface area contributed by atoms with E-state index in [0.29, 0.717) is 13.1 Å². The van der Waals surface area contributed by atoms with E-state index in [1.807, 2.05) is 0 Å². The Hall–Kier alpha value is -1.07. The van der Waals surface area contributed by atoms with E-state index in [0.717, 1.165) is 18.9 Å². The summed E-state index contributed by atoms with van der Waals surface area (Å²) in [6, 6.07) is 0. The fraction of sp³-hybridized carbons (Fsp3) is 0.750. The highest BCUT2D eigenvalue weighted by Gasteiger charge is 2.34. The number of hydrogen-bond acceptors (Lipinski definition) is 4. The molecule has 1 saturated heterocycles. The van der Waals surface area contributed by atoms with E-state index >= 15 is 0 Å². The summed E-state index contributed by atoms with van der Waals surface area (Å²) in [6.45, 7) is 3.97. The zero-order chi connectivity index (χ0) is 13.1. The van der Waals surface area contributed by atoms with Crippen LogP contribution in [-0.4, -0.2) is 52.9 Å². The first-order chi connectivity index (χ1) is 7.86. The van der Waals surface area contributed by atoms with Gasteiger partial charge in [0.05, 0.1) is 11.9 Å². The Kier molecular flexibility index (Phi) is 4.54. The third-order valence-corrected chi connectivity index (χ3v) is 2.99. The summed E-state index contributed by atoms with van der Waals surface area (Å²) in [4.78, 5) is 13.6. The molecule has 0 saturated carbocycles. The Morgan fingerprint density at radius 1 is 1.47 bits per heavy atom. The zero-order valence-corrected chi connectivity index (χ0v) is 10.6. The molecule has 0 aromatic rings. The highest BCUT2D eigenvalue weighted by atomic mass is 16.5. The third kappa shape index (κ3) is 3.71. The van der Waals surface area contributed by atoms with Crippen molar-refractivity contribution in [2.75, 3.05) is 20.2 Å². The van der Waals surface area contributed by atoms with Crippen LogP contribution in [0, 0.1) is 0 Å². The number of methoxy groups -OCH3 is 1. The fourth-order valence-corrected chi connectivity index (χ4v) is 2.08. The van der Waals surface area contributed by atoms with Crippen LogP contribution in [0.5, 0.6) is 0 Å². The summed E-state index contributed by atoms with van der Waals surface area (Å²) in [5.41, 5.74) is -1.64. The van der Waals surface area contributed by atoms with Gasteiger partial charge in [0, 0.05) is 20.2 Å². The van der Waals surface area contributed by atoms with Gasteiger partial charge in [-0.15, -0.1) is 0 Å². The number of likely N-dealkylation sites (tertiary alicyclic amines) is 1. The van der Waals surface area contributed by atoms with Crippen molar-refractivity contribution in [3.63, 3.8) is 0 Å². The van der Waals surface area contributed by atoms with Crippen molar-refractivity contribution in [3.8, 4) is 0 Å². The van der Waals surface area contributed by atoms with Crippen LogP contribution in [0.4, 0.5) is 0 Å². The Labute approximate surface area is 102 Å². The van der Waals surface area contributed by atoms with E-state index in [-0.39, 0.29) is 17.8 Å². The van der Waals surface area contributed by atoms with E-state index < -0.39 is 5.60 Å². The highest BCUT2D eigenvalue weighted by Crippen LogP contribution is 2.18. The molecule has 2 N–H and O–H groups in total. The van der Waals surface area contributed by atoms with Gasteiger partial charge in [-0.3, -0.25) is 4.79 Å². The Morgan fingerprint density at radius 3 is 2.41 bits per heavy atom. The second-order valence-electron chi connectivity index (χ2n) is 4.66. The van der Waals surface area contributed by atoms with Crippen molar-refractivity contribution in [2.45, 2.75) is 38.4 Å². The molecule has 0 spiro atoms. The Balaban J connectivity index is 2.63. The van der Waals surface area contributed by atoms with Gasteiger partial charge in [0.25, 0.3) is 5.91 Å². The van der Waals surface area contributed by atoms with Crippen molar-refractivity contribution < 1.29 is 19.7 Å². The van der Waals surface area contributed by atoms with Gasteiger partial charge in [-0.1, -0.05) is 0 Å². The van der Waals surface area contributed by atoms with Crippen molar-refractivity contribution >= 4 is 5.91 Å². The Bertz CT molecular complexity index is 300. The number of piperidine rings is 1. The summed E-state index contributed by atoms with van der Waals surface area (Å²) < 4.78 is 5.22. The molecule has 17 heavy (non-hydrogen) atoms. The van der Waals surface area contributed by atoms with E-state index in [2.05, 4.69) is 0 Å². The number of amides is 1. The molecular formula is C12H21NO4. The first kappa shape index (κ1) is 14.0. The Morgan fingerprint density at radius 2 is 2.00 bits per heavy atom. The SMILES string of the molecule is COC1CCN(C(=O)C(C)(O)/C=C(/C)O)CC1. The van der Waals surface area contributed by atoms with Gasteiger partial charge in [-0.2, -0.15) is 0 Å². The number of nitrogens with zero attached hydrogens (tertiary/aromatic N) is 1. The summed E-state index contributed by atoms with van der Waals surface area (Å²) in [5, 5.41) is 19.1. The molecule has 0 bridgehead atoms. The summed E-state index contributed by atoms with van der Waals surface area (Å²) in [7, 11) is 1.66. The number of aliphatic hydroxyl groups is 2. The molecule has 1 heterocycles. The van der Waals surface area contributed by atoms with E-state index in [1.165, 1.54) is 13.8 Å². The van der Waals surface area contributed by atoms with Gasteiger partial charge in [0.15, 0.2) is 5.60 Å². The van der Waals surface area contributed by atoms with Crippen LogP contribution >= 0.6 is 0 Å². The lowest BCUT2D eigenvalue weighted by Crippen LogP contribution is -2.50. The minimum absolute atomic E-state index is 0.0601. The average Bonchev–Trinajstić information content (AvgIpc) is 2.26. The van der Waals surface area contributed by atoms with Crippen LogP contribution in [-0.2, 0) is 9.53 Å². The molecule has 5 nitrogen and oxygen atoms in total. The first-order valence-electron chi connectivity index (χ1n) is 5.80. The van der Waals surface area contributed by atoms with Gasteiger partial charge < -0.3 is 19.8 Å². The quantitative estimate of drug-likeness (QED) is 0.721.